The van der Waals surface area contributed by atoms with Gasteiger partial charge in [0.05, 0.1) is 22.4 Å². The van der Waals surface area contributed by atoms with Crippen LogP contribution in [0, 0.1) is 0 Å². The maximum Gasteiger partial charge on any atom is 0.0541 e. The van der Waals surface area contributed by atoms with Crippen LogP contribution in [0.5, 0.6) is 0 Å². The Labute approximate surface area is 387 Å². The predicted octanol–water partition coefficient (Wildman–Crippen LogP) is 18.1. The summed E-state index contributed by atoms with van der Waals surface area (Å²) in [6, 6.07) is 87.3. The van der Waals surface area contributed by atoms with Crippen LogP contribution in [0.15, 0.2) is 237 Å². The summed E-state index contributed by atoms with van der Waals surface area (Å²) in [4.78, 5) is 2.51. The molecule has 0 saturated heterocycles. The maximum atomic E-state index is 2.51. The van der Waals surface area contributed by atoms with Gasteiger partial charge >= 0.3 is 0 Å². The molecule has 1 heterocycles. The third kappa shape index (κ3) is 7.16. The topological polar surface area (TPSA) is 8.17 Å². The molecule has 0 aliphatic heterocycles. The lowest BCUT2D eigenvalue weighted by Crippen LogP contribution is -2.12. The minimum absolute atomic E-state index is 0.574. The lowest BCUT2D eigenvalue weighted by Gasteiger charge is -2.31. The smallest absolute Gasteiger partial charge is 0.0541 e. The third-order valence-corrected chi connectivity index (χ3v) is 14.0. The zero-order valence-corrected chi connectivity index (χ0v) is 37.0. The van der Waals surface area contributed by atoms with Crippen molar-refractivity contribution in [2.24, 2.45) is 0 Å². The summed E-state index contributed by atoms with van der Waals surface area (Å²) < 4.78 is 2.39. The summed E-state index contributed by atoms with van der Waals surface area (Å²) in [6.07, 6.45) is 6.45. The van der Waals surface area contributed by atoms with Gasteiger partial charge in [0.25, 0.3) is 0 Å². The normalized spacial score (nSPS) is 13.1. The number of anilines is 3. The van der Waals surface area contributed by atoms with Crippen LogP contribution in [0.3, 0.4) is 0 Å². The first-order valence-electron chi connectivity index (χ1n) is 23.6. The Kier molecular flexibility index (Phi) is 10.3. The molecule has 11 aromatic rings. The average Bonchev–Trinajstić information content (AvgIpc) is 3.73. The van der Waals surface area contributed by atoms with E-state index in [1.54, 1.807) is 0 Å². The van der Waals surface area contributed by atoms with Crippen molar-refractivity contribution in [2.75, 3.05) is 4.90 Å². The van der Waals surface area contributed by atoms with Crippen LogP contribution in [0.2, 0.25) is 0 Å². The number of hydrogen-bond acceptors (Lipinski definition) is 1. The number of benzene rings is 10. The van der Waals surface area contributed by atoms with E-state index in [-0.39, 0.29) is 0 Å². The first-order valence-corrected chi connectivity index (χ1v) is 23.6. The summed E-state index contributed by atoms with van der Waals surface area (Å²) in [7, 11) is 0. The van der Waals surface area contributed by atoms with E-state index in [1.165, 1.54) is 115 Å². The lowest BCUT2D eigenvalue weighted by molar-refractivity contribution is 0.445. The molecule has 0 unspecified atom stereocenters. The van der Waals surface area contributed by atoms with E-state index in [0.29, 0.717) is 5.92 Å². The number of rotatable bonds is 9. The van der Waals surface area contributed by atoms with Crippen molar-refractivity contribution in [2.45, 2.75) is 38.0 Å². The molecule has 0 atom stereocenters. The molecule has 0 N–H and O–H groups in total. The van der Waals surface area contributed by atoms with Gasteiger partial charge < -0.3 is 9.47 Å². The Bertz CT molecular complexity index is 3480. The van der Waals surface area contributed by atoms with E-state index >= 15 is 0 Å². The van der Waals surface area contributed by atoms with E-state index in [2.05, 4.69) is 246 Å². The summed E-state index contributed by atoms with van der Waals surface area (Å²) in [6.45, 7) is 0. The second-order valence-electron chi connectivity index (χ2n) is 17.9. The fourth-order valence-corrected chi connectivity index (χ4v) is 10.8. The highest BCUT2D eigenvalue weighted by atomic mass is 15.1. The zero-order chi connectivity index (χ0) is 43.8. The Morgan fingerprint density at radius 3 is 1.62 bits per heavy atom. The van der Waals surface area contributed by atoms with Crippen LogP contribution < -0.4 is 4.90 Å². The van der Waals surface area contributed by atoms with Crippen molar-refractivity contribution >= 4 is 49.6 Å². The van der Waals surface area contributed by atoms with Crippen molar-refractivity contribution in [3.8, 4) is 50.2 Å². The van der Waals surface area contributed by atoms with Gasteiger partial charge in [-0.1, -0.05) is 201 Å². The molecule has 66 heavy (non-hydrogen) atoms. The van der Waals surface area contributed by atoms with Gasteiger partial charge in [-0.3, -0.25) is 0 Å². The van der Waals surface area contributed by atoms with E-state index in [9.17, 15) is 0 Å². The van der Waals surface area contributed by atoms with Crippen LogP contribution in [0.1, 0.15) is 43.6 Å². The molecular formula is C64H50N2. The van der Waals surface area contributed by atoms with Gasteiger partial charge in [-0.25, -0.2) is 0 Å². The number of aromatic nitrogens is 1. The highest BCUT2D eigenvalue weighted by Crippen LogP contribution is 2.48. The van der Waals surface area contributed by atoms with Crippen molar-refractivity contribution in [3.05, 3.63) is 242 Å². The Morgan fingerprint density at radius 2 is 0.894 bits per heavy atom. The average molecular weight is 847 g/mol. The van der Waals surface area contributed by atoms with E-state index in [0.717, 1.165) is 22.7 Å². The zero-order valence-electron chi connectivity index (χ0n) is 37.0. The number of para-hydroxylation sites is 4. The van der Waals surface area contributed by atoms with Crippen LogP contribution in [0.25, 0.3) is 82.8 Å². The number of nitrogens with zero attached hydrogens (tertiary/aromatic N) is 2. The third-order valence-electron chi connectivity index (χ3n) is 14.0. The highest BCUT2D eigenvalue weighted by Gasteiger charge is 2.24. The van der Waals surface area contributed by atoms with E-state index < -0.39 is 0 Å². The Morgan fingerprint density at radius 1 is 0.364 bits per heavy atom. The molecule has 0 spiro atoms. The molecule has 0 radical (unpaired) electrons. The van der Waals surface area contributed by atoms with Crippen LogP contribution in [-0.4, -0.2) is 4.57 Å². The number of hydrogen-bond donors (Lipinski definition) is 0. The van der Waals surface area contributed by atoms with Crippen LogP contribution in [0.4, 0.5) is 17.1 Å². The Hall–Kier alpha value is -7.94. The van der Waals surface area contributed by atoms with Crippen molar-refractivity contribution in [3.63, 3.8) is 0 Å². The van der Waals surface area contributed by atoms with Crippen molar-refractivity contribution < 1.29 is 0 Å². The van der Waals surface area contributed by atoms with Gasteiger partial charge in [-0.15, -0.1) is 0 Å². The highest BCUT2D eigenvalue weighted by molar-refractivity contribution is 6.11. The second kappa shape index (κ2) is 17.2. The molecular weight excluding hydrogens is 797 g/mol. The standard InChI is InChI=1S/C64H50N2/c1-4-18-45(19-5-1)46-34-36-47(37-35-46)48-38-41-53(42-39-48)66(61-32-14-11-27-56(61)58-30-17-23-50-22-16-29-55(64(50)58)49-20-6-2-7-21-49)60-31-13-10-26-54(60)51-40-43-63-59(44-51)57-28-12-15-33-62(57)65(63)52-24-8-3-9-25-52/h1,3-5,8-19,22-44,49H,2,6-7,20-21H2. The summed E-state index contributed by atoms with van der Waals surface area (Å²) >= 11 is 0. The summed E-state index contributed by atoms with van der Waals surface area (Å²) in [5.41, 5.74) is 18.1. The first-order chi connectivity index (χ1) is 32.8. The van der Waals surface area contributed by atoms with Crippen molar-refractivity contribution in [1.29, 1.82) is 0 Å². The largest absolute Gasteiger partial charge is 0.309 e. The molecule has 1 aliphatic rings. The maximum absolute atomic E-state index is 2.51. The molecule has 12 rings (SSSR count). The SMILES string of the molecule is c1ccc(-c2ccc(-c3ccc(N(c4ccccc4-c4ccc5c(c4)c4ccccc4n5-c4ccccc4)c4ccccc4-c4cccc5cccc(C6CCCCC6)c45)cc3)cc2)cc1. The molecule has 2 heteroatoms. The second-order valence-corrected chi connectivity index (χ2v) is 17.9. The molecule has 1 saturated carbocycles. The van der Waals surface area contributed by atoms with Crippen LogP contribution in [-0.2, 0) is 0 Å². The van der Waals surface area contributed by atoms with Crippen LogP contribution >= 0.6 is 0 Å². The number of fused-ring (bicyclic) bond motifs is 4. The monoisotopic (exact) mass is 846 g/mol. The predicted molar refractivity (Wildman–Crippen MR) is 281 cm³/mol. The summed E-state index contributed by atoms with van der Waals surface area (Å²) in [5, 5.41) is 5.18. The van der Waals surface area contributed by atoms with Gasteiger partial charge in [0, 0.05) is 33.3 Å². The van der Waals surface area contributed by atoms with Gasteiger partial charge in [0.15, 0.2) is 0 Å². The summed E-state index contributed by atoms with van der Waals surface area (Å²) in [5.74, 6) is 0.574. The molecule has 0 amide bonds. The molecule has 10 aromatic carbocycles. The van der Waals surface area contributed by atoms with Gasteiger partial charge in [-0.2, -0.15) is 0 Å². The lowest BCUT2D eigenvalue weighted by atomic mass is 9.80. The fourth-order valence-electron chi connectivity index (χ4n) is 10.8. The first kappa shape index (κ1) is 39.6. The molecule has 316 valence electrons. The molecule has 2 nitrogen and oxygen atoms in total. The van der Waals surface area contributed by atoms with E-state index in [4.69, 9.17) is 0 Å². The Balaban J connectivity index is 1.04. The quantitative estimate of drug-likeness (QED) is 0.140. The minimum Gasteiger partial charge on any atom is -0.309 e. The fraction of sp³-hybridized carbons (Fsp3) is 0.0938. The van der Waals surface area contributed by atoms with E-state index in [1.807, 2.05) is 0 Å². The van der Waals surface area contributed by atoms with Gasteiger partial charge in [0.2, 0.25) is 0 Å². The van der Waals surface area contributed by atoms with Gasteiger partial charge in [0.1, 0.15) is 0 Å². The van der Waals surface area contributed by atoms with Crippen molar-refractivity contribution in [1.82, 2.24) is 4.57 Å². The molecule has 1 aliphatic carbocycles. The van der Waals surface area contributed by atoms with Gasteiger partial charge in [-0.05, 0) is 123 Å². The molecule has 0 bridgehead atoms. The molecule has 1 aromatic heterocycles. The minimum atomic E-state index is 0.574. The molecule has 1 fully saturated rings.